The largest absolute Gasteiger partial charge is 0.497 e. The molecule has 0 aliphatic rings. The minimum absolute atomic E-state index is 0.284. The molecule has 118 valence electrons. The van der Waals surface area contributed by atoms with Gasteiger partial charge in [0.15, 0.2) is 6.61 Å². The summed E-state index contributed by atoms with van der Waals surface area (Å²) >= 11 is 0. The molecule has 0 aliphatic heterocycles. The lowest BCUT2D eigenvalue weighted by molar-refractivity contribution is 0.0557. The molecule has 0 aliphatic carbocycles. The molecule has 3 rings (SSSR count). The summed E-state index contributed by atoms with van der Waals surface area (Å²) in [7, 11) is 1.60. The maximum Gasteiger partial charge on any atom is 0.339 e. The van der Waals surface area contributed by atoms with Gasteiger partial charge in [-0.05, 0) is 36.4 Å². The molecule has 3 aromatic rings. The van der Waals surface area contributed by atoms with Crippen LogP contribution in [-0.4, -0.2) is 24.7 Å². The summed E-state index contributed by atoms with van der Waals surface area (Å²) in [6, 6.07) is 18.2. The van der Waals surface area contributed by atoms with E-state index in [4.69, 9.17) is 14.7 Å². The third kappa shape index (κ3) is 3.03. The molecular formula is C19H14N2O3. The monoisotopic (exact) mass is 318 g/mol. The molecule has 1 heterocycles. The lowest BCUT2D eigenvalue weighted by Gasteiger charge is -2.09. The van der Waals surface area contributed by atoms with E-state index < -0.39 is 5.97 Å². The second-order valence-corrected chi connectivity index (χ2v) is 5.03. The summed E-state index contributed by atoms with van der Waals surface area (Å²) < 4.78 is 10.1. The van der Waals surface area contributed by atoms with Gasteiger partial charge in [-0.1, -0.05) is 18.2 Å². The van der Waals surface area contributed by atoms with Gasteiger partial charge in [-0.2, -0.15) is 5.26 Å². The molecule has 0 amide bonds. The Labute approximate surface area is 139 Å². The number of carbonyl (C=O) groups is 1. The Morgan fingerprint density at radius 2 is 1.92 bits per heavy atom. The highest BCUT2D eigenvalue weighted by Crippen LogP contribution is 2.26. The molecule has 0 bridgehead atoms. The molecule has 0 radical (unpaired) electrons. The van der Waals surface area contributed by atoms with E-state index in [0.29, 0.717) is 22.2 Å². The molecule has 0 atom stereocenters. The minimum Gasteiger partial charge on any atom is -0.497 e. The van der Waals surface area contributed by atoms with Crippen molar-refractivity contribution in [2.24, 2.45) is 0 Å². The lowest BCUT2D eigenvalue weighted by atomic mass is 10.0. The zero-order valence-corrected chi connectivity index (χ0v) is 13.0. The van der Waals surface area contributed by atoms with Crippen LogP contribution in [0.2, 0.25) is 0 Å². The predicted molar refractivity (Wildman–Crippen MR) is 89.6 cm³/mol. The molecule has 0 fully saturated rings. The van der Waals surface area contributed by atoms with Crippen molar-refractivity contribution in [1.29, 1.82) is 5.26 Å². The molecule has 0 saturated carbocycles. The molecule has 2 aromatic carbocycles. The smallest absolute Gasteiger partial charge is 0.339 e. The summed E-state index contributed by atoms with van der Waals surface area (Å²) in [4.78, 5) is 16.9. The number of nitrogens with zero attached hydrogens (tertiary/aromatic N) is 2. The van der Waals surface area contributed by atoms with Crippen LogP contribution >= 0.6 is 0 Å². The molecule has 0 unspecified atom stereocenters. The zero-order chi connectivity index (χ0) is 16.9. The maximum absolute atomic E-state index is 12.3. The molecule has 0 saturated heterocycles. The molecule has 24 heavy (non-hydrogen) atoms. The number of carbonyl (C=O) groups excluding carboxylic acids is 1. The van der Waals surface area contributed by atoms with Crippen molar-refractivity contribution in [3.8, 4) is 23.1 Å². The van der Waals surface area contributed by atoms with Gasteiger partial charge in [0.2, 0.25) is 0 Å². The van der Waals surface area contributed by atoms with E-state index in [1.165, 1.54) is 0 Å². The van der Waals surface area contributed by atoms with Gasteiger partial charge in [0, 0.05) is 10.9 Å². The van der Waals surface area contributed by atoms with E-state index in [1.54, 1.807) is 19.2 Å². The highest BCUT2D eigenvalue weighted by atomic mass is 16.5. The highest BCUT2D eigenvalue weighted by molar-refractivity contribution is 6.04. The Balaban J connectivity index is 2.12. The summed E-state index contributed by atoms with van der Waals surface area (Å²) in [5, 5.41) is 9.30. The number of nitriles is 1. The van der Waals surface area contributed by atoms with Crippen LogP contribution in [0.3, 0.4) is 0 Å². The van der Waals surface area contributed by atoms with E-state index in [9.17, 15) is 4.79 Å². The van der Waals surface area contributed by atoms with Gasteiger partial charge in [-0.25, -0.2) is 9.78 Å². The highest BCUT2D eigenvalue weighted by Gasteiger charge is 2.15. The van der Waals surface area contributed by atoms with Crippen LogP contribution in [0.15, 0.2) is 54.6 Å². The van der Waals surface area contributed by atoms with Gasteiger partial charge in [-0.15, -0.1) is 0 Å². The van der Waals surface area contributed by atoms with Crippen molar-refractivity contribution in [2.45, 2.75) is 0 Å². The maximum atomic E-state index is 12.3. The Bertz CT molecular complexity index is 927. The van der Waals surface area contributed by atoms with Crippen molar-refractivity contribution in [2.75, 3.05) is 13.7 Å². The minimum atomic E-state index is -0.537. The quantitative estimate of drug-likeness (QED) is 0.687. The van der Waals surface area contributed by atoms with Crippen molar-refractivity contribution < 1.29 is 14.3 Å². The van der Waals surface area contributed by atoms with Crippen LogP contribution in [0.4, 0.5) is 0 Å². The number of esters is 1. The molecular weight excluding hydrogens is 304 g/mol. The van der Waals surface area contributed by atoms with Crippen LogP contribution in [0, 0.1) is 11.3 Å². The second-order valence-electron chi connectivity index (χ2n) is 5.03. The third-order valence-electron chi connectivity index (χ3n) is 3.59. The second kappa shape index (κ2) is 6.80. The SMILES string of the molecule is COc1ccc(-c2cc(C(=O)OCC#N)c3ccccc3n2)cc1. The summed E-state index contributed by atoms with van der Waals surface area (Å²) in [6.07, 6.45) is 0. The molecule has 0 N–H and O–H groups in total. The van der Waals surface area contributed by atoms with Crippen LogP contribution in [0.25, 0.3) is 22.2 Å². The average molecular weight is 318 g/mol. The third-order valence-corrected chi connectivity index (χ3v) is 3.59. The van der Waals surface area contributed by atoms with E-state index in [2.05, 4.69) is 4.98 Å². The summed E-state index contributed by atoms with van der Waals surface area (Å²) in [5.74, 6) is 0.207. The Morgan fingerprint density at radius 1 is 1.17 bits per heavy atom. The van der Waals surface area contributed by atoms with Gasteiger partial charge < -0.3 is 9.47 Å². The van der Waals surface area contributed by atoms with Crippen LogP contribution in [0.1, 0.15) is 10.4 Å². The van der Waals surface area contributed by atoms with E-state index in [0.717, 1.165) is 11.3 Å². The number of benzene rings is 2. The Hall–Kier alpha value is -3.39. The number of methoxy groups -OCH3 is 1. The molecule has 5 heteroatoms. The number of rotatable bonds is 4. The zero-order valence-electron chi connectivity index (χ0n) is 13.0. The number of aromatic nitrogens is 1. The first kappa shape index (κ1) is 15.5. The fourth-order valence-corrected chi connectivity index (χ4v) is 2.43. The first-order valence-electron chi connectivity index (χ1n) is 7.31. The predicted octanol–water partition coefficient (Wildman–Crippen LogP) is 3.59. The van der Waals surface area contributed by atoms with Crippen LogP contribution in [0.5, 0.6) is 5.75 Å². The molecule has 5 nitrogen and oxygen atoms in total. The summed E-state index contributed by atoms with van der Waals surface area (Å²) in [6.45, 7) is -0.284. The normalized spacial score (nSPS) is 10.2. The van der Waals surface area contributed by atoms with Gasteiger partial charge >= 0.3 is 5.97 Å². The lowest BCUT2D eigenvalue weighted by Crippen LogP contribution is -2.07. The summed E-state index contributed by atoms with van der Waals surface area (Å²) in [5.41, 5.74) is 2.59. The first-order valence-corrected chi connectivity index (χ1v) is 7.31. The topological polar surface area (TPSA) is 72.2 Å². The van der Waals surface area contributed by atoms with Crippen molar-refractivity contribution in [3.05, 3.63) is 60.2 Å². The van der Waals surface area contributed by atoms with Gasteiger partial charge in [0.1, 0.15) is 11.8 Å². The van der Waals surface area contributed by atoms with Gasteiger partial charge in [0.25, 0.3) is 0 Å². The van der Waals surface area contributed by atoms with Gasteiger partial charge in [-0.3, -0.25) is 0 Å². The van der Waals surface area contributed by atoms with E-state index in [-0.39, 0.29) is 6.61 Å². The standard InChI is InChI=1S/C19H14N2O3/c1-23-14-8-6-13(7-9-14)18-12-16(19(22)24-11-10-20)15-4-2-3-5-17(15)21-18/h2-9,12H,11H2,1H3. The molecule has 1 aromatic heterocycles. The number of fused-ring (bicyclic) bond motifs is 1. The van der Waals surface area contributed by atoms with Crippen molar-refractivity contribution in [3.63, 3.8) is 0 Å². The van der Waals surface area contributed by atoms with E-state index in [1.807, 2.05) is 48.5 Å². The first-order chi connectivity index (χ1) is 11.7. The number of ether oxygens (including phenoxy) is 2. The Kier molecular flexibility index (Phi) is 4.39. The fraction of sp³-hybridized carbons (Fsp3) is 0.105. The fourth-order valence-electron chi connectivity index (χ4n) is 2.43. The van der Waals surface area contributed by atoms with E-state index >= 15 is 0 Å². The Morgan fingerprint density at radius 3 is 2.62 bits per heavy atom. The number of para-hydroxylation sites is 1. The van der Waals surface area contributed by atoms with Crippen molar-refractivity contribution in [1.82, 2.24) is 4.98 Å². The van der Waals surface area contributed by atoms with Crippen LogP contribution < -0.4 is 4.74 Å². The van der Waals surface area contributed by atoms with Crippen LogP contribution in [-0.2, 0) is 4.74 Å². The van der Waals surface area contributed by atoms with Crippen molar-refractivity contribution >= 4 is 16.9 Å². The average Bonchev–Trinajstić information content (AvgIpc) is 2.65. The molecule has 0 spiro atoms. The number of pyridine rings is 1. The number of hydrogen-bond donors (Lipinski definition) is 0. The van der Waals surface area contributed by atoms with Gasteiger partial charge in [0.05, 0.1) is 23.9 Å². The number of hydrogen-bond acceptors (Lipinski definition) is 5.